The zero-order valence-electron chi connectivity index (χ0n) is 16.3. The van der Waals surface area contributed by atoms with Crippen molar-refractivity contribution in [2.45, 2.75) is 6.92 Å². The molecule has 1 nitrogen and oxygen atoms in total. The molecule has 0 spiro atoms. The van der Waals surface area contributed by atoms with Crippen molar-refractivity contribution in [1.82, 2.24) is 0 Å². The van der Waals surface area contributed by atoms with Crippen molar-refractivity contribution in [3.63, 3.8) is 0 Å². The van der Waals surface area contributed by atoms with Crippen LogP contribution in [0.5, 0.6) is 0 Å². The van der Waals surface area contributed by atoms with Crippen LogP contribution >= 0.6 is 0 Å². The van der Waals surface area contributed by atoms with Gasteiger partial charge in [0.1, 0.15) is 0 Å². The molecule has 0 saturated heterocycles. The Labute approximate surface area is 185 Å². The summed E-state index contributed by atoms with van der Waals surface area (Å²) in [6.07, 6.45) is 0. The van der Waals surface area contributed by atoms with Gasteiger partial charge in [0.2, 0.25) is 0 Å². The van der Waals surface area contributed by atoms with Crippen LogP contribution in [-0.4, -0.2) is 35.0 Å². The van der Waals surface area contributed by atoms with Crippen molar-refractivity contribution in [3.8, 4) is 0 Å². The molecular formula is C26H22GeOSe. The predicted molar refractivity (Wildman–Crippen MR) is 125 cm³/mol. The summed E-state index contributed by atoms with van der Waals surface area (Å²) in [5.74, 6) is 0. The molecule has 0 fully saturated rings. The molecule has 3 heteroatoms. The molecular weight excluding hydrogens is 480 g/mol. The Morgan fingerprint density at radius 1 is 0.586 bits per heavy atom. The van der Waals surface area contributed by atoms with E-state index >= 15 is 0 Å². The summed E-state index contributed by atoms with van der Waals surface area (Å²) in [6, 6.07) is 40.3. The molecule has 0 aromatic heterocycles. The standard InChI is InChI=1S/C18H15Ge.C8H7OSe/c1-4-10-16(11-5-1)19(17-12-6-2-7-13-17)18-14-8-3-9-15-18;1-6-2-4-7(5-3-6)8(9)10/h1-15H;2-5H,1H3. The maximum atomic E-state index is 10.7. The third-order valence-corrected chi connectivity index (χ3v) is 10.7. The van der Waals surface area contributed by atoms with Crippen LogP contribution in [0.4, 0.5) is 0 Å². The first kappa shape index (κ1) is 21.3. The number of carbonyl (C=O) groups is 1. The topological polar surface area (TPSA) is 17.1 Å². The van der Waals surface area contributed by atoms with Crippen LogP contribution in [0.2, 0.25) is 0 Å². The van der Waals surface area contributed by atoms with E-state index in [4.69, 9.17) is 0 Å². The van der Waals surface area contributed by atoms with Crippen LogP contribution in [0, 0.1) is 6.92 Å². The van der Waals surface area contributed by atoms with Crippen molar-refractivity contribution in [1.29, 1.82) is 0 Å². The van der Waals surface area contributed by atoms with E-state index in [0.717, 1.165) is 5.56 Å². The van der Waals surface area contributed by atoms with Crippen LogP contribution < -0.4 is 13.2 Å². The summed E-state index contributed by atoms with van der Waals surface area (Å²) in [4.78, 5) is 10.7. The number of aryl methyl sites for hydroxylation is 1. The van der Waals surface area contributed by atoms with E-state index in [-0.39, 0.29) is 4.68 Å². The summed E-state index contributed by atoms with van der Waals surface area (Å²) in [5, 5.41) is 0. The molecule has 0 aliphatic heterocycles. The third-order valence-electron chi connectivity index (χ3n) is 4.47. The fourth-order valence-electron chi connectivity index (χ4n) is 3.00. The average Bonchev–Trinajstić information content (AvgIpc) is 2.77. The predicted octanol–water partition coefficient (Wildman–Crippen LogP) is 3.51. The van der Waals surface area contributed by atoms with E-state index in [1.165, 1.54) is 18.8 Å². The van der Waals surface area contributed by atoms with Gasteiger partial charge >= 0.3 is 186 Å². The number of hydrogen-bond donors (Lipinski definition) is 0. The van der Waals surface area contributed by atoms with Crippen molar-refractivity contribution in [2.75, 3.05) is 0 Å². The number of carbonyl (C=O) groups excluding carboxylic acids is 1. The number of hydrogen-bond acceptors (Lipinski definition) is 1. The molecule has 0 N–H and O–H groups in total. The van der Waals surface area contributed by atoms with E-state index < -0.39 is 14.3 Å². The van der Waals surface area contributed by atoms with E-state index in [0.29, 0.717) is 0 Å². The Morgan fingerprint density at radius 3 is 1.24 bits per heavy atom. The summed E-state index contributed by atoms with van der Waals surface area (Å²) >= 11 is 0.805. The zero-order chi connectivity index (χ0) is 20.5. The van der Waals surface area contributed by atoms with E-state index in [1.54, 1.807) is 0 Å². The van der Waals surface area contributed by atoms with Gasteiger partial charge in [0.15, 0.2) is 0 Å². The average molecular weight is 502 g/mol. The van der Waals surface area contributed by atoms with Gasteiger partial charge in [-0.05, 0) is 0 Å². The molecule has 0 unspecified atom stereocenters. The summed E-state index contributed by atoms with van der Waals surface area (Å²) < 4.78 is 4.50. The summed E-state index contributed by atoms with van der Waals surface area (Å²) in [6.45, 7) is 1.99. The molecule has 0 aliphatic rings. The SMILES string of the molecule is Cc1ccc(C(=O)[Se])cc1.c1cc[c]([Ge]([c]2ccccc2)[c]2ccccc2)cc1. The third kappa shape index (κ3) is 6.30. The van der Waals surface area contributed by atoms with Gasteiger partial charge in [0, 0.05) is 0 Å². The second-order valence-electron chi connectivity index (χ2n) is 6.63. The molecule has 2 radical (unpaired) electrons. The second-order valence-corrected chi connectivity index (χ2v) is 12.6. The number of benzene rings is 4. The maximum absolute atomic E-state index is 10.7. The van der Waals surface area contributed by atoms with Gasteiger partial charge in [-0.15, -0.1) is 0 Å². The molecule has 0 heterocycles. The Kier molecular flexibility index (Phi) is 8.06. The zero-order valence-corrected chi connectivity index (χ0v) is 20.1. The van der Waals surface area contributed by atoms with Gasteiger partial charge in [0.25, 0.3) is 0 Å². The molecule has 0 amide bonds. The molecule has 29 heavy (non-hydrogen) atoms. The Bertz CT molecular complexity index is 923. The van der Waals surface area contributed by atoms with E-state index in [2.05, 4.69) is 107 Å². The van der Waals surface area contributed by atoms with Crippen molar-refractivity contribution < 1.29 is 4.79 Å². The molecule has 0 saturated carbocycles. The molecule has 0 bridgehead atoms. The first-order valence-corrected chi connectivity index (χ1v) is 13.5. The van der Waals surface area contributed by atoms with Crippen LogP contribution in [-0.2, 0) is 0 Å². The number of rotatable bonds is 4. The molecule has 4 aromatic carbocycles. The van der Waals surface area contributed by atoms with Crippen molar-refractivity contribution >= 4 is 48.2 Å². The fourth-order valence-corrected chi connectivity index (χ4v) is 8.70. The Balaban J connectivity index is 0.000000204. The first-order chi connectivity index (χ1) is 14.1. The van der Waals surface area contributed by atoms with Gasteiger partial charge in [-0.25, -0.2) is 0 Å². The molecule has 142 valence electrons. The summed E-state index contributed by atoms with van der Waals surface area (Å²) in [5.41, 5.74) is 1.90. The second kappa shape index (κ2) is 11.0. The molecule has 4 rings (SSSR count). The van der Waals surface area contributed by atoms with Crippen LogP contribution in [0.3, 0.4) is 0 Å². The van der Waals surface area contributed by atoms with E-state index in [9.17, 15) is 4.79 Å². The van der Waals surface area contributed by atoms with Crippen molar-refractivity contribution in [2.24, 2.45) is 0 Å². The Hall–Kier alpha value is -2.39. The van der Waals surface area contributed by atoms with Gasteiger partial charge in [-0.3, -0.25) is 0 Å². The normalized spacial score (nSPS) is 10.1. The van der Waals surface area contributed by atoms with Gasteiger partial charge in [-0.2, -0.15) is 0 Å². The quantitative estimate of drug-likeness (QED) is 0.391. The first-order valence-electron chi connectivity index (χ1n) is 9.46. The molecule has 0 atom stereocenters. The van der Waals surface area contributed by atoms with Crippen LogP contribution in [0.1, 0.15) is 15.9 Å². The minimum absolute atomic E-state index is 0.000000000000000444. The Morgan fingerprint density at radius 2 is 0.931 bits per heavy atom. The van der Waals surface area contributed by atoms with Crippen LogP contribution in [0.15, 0.2) is 115 Å². The van der Waals surface area contributed by atoms with E-state index in [1.807, 2.05) is 31.2 Å². The van der Waals surface area contributed by atoms with Crippen LogP contribution in [0.25, 0.3) is 0 Å². The fraction of sp³-hybridized carbons (Fsp3) is 0.0385. The molecule has 0 aliphatic carbocycles. The molecule has 4 aromatic rings. The van der Waals surface area contributed by atoms with Gasteiger partial charge < -0.3 is 0 Å². The summed E-state index contributed by atoms with van der Waals surface area (Å²) in [7, 11) is 0. The minimum atomic E-state index is -1.63. The van der Waals surface area contributed by atoms with Crippen molar-refractivity contribution in [3.05, 3.63) is 126 Å². The van der Waals surface area contributed by atoms with Gasteiger partial charge in [0.05, 0.1) is 0 Å². The van der Waals surface area contributed by atoms with Gasteiger partial charge in [-0.1, -0.05) is 0 Å². The monoisotopic (exact) mass is 504 g/mol.